The molecule has 0 aliphatic heterocycles. The minimum atomic E-state index is 0. The van der Waals surface area contributed by atoms with E-state index in [-0.39, 0.29) is 24.0 Å². The summed E-state index contributed by atoms with van der Waals surface area (Å²) in [6, 6.07) is 16.1. The van der Waals surface area contributed by atoms with Gasteiger partial charge < -0.3 is 10.6 Å². The van der Waals surface area contributed by atoms with Gasteiger partial charge in [0.2, 0.25) is 0 Å². The molecule has 0 unspecified atom stereocenters. The van der Waals surface area contributed by atoms with Gasteiger partial charge in [0.15, 0.2) is 5.96 Å². The van der Waals surface area contributed by atoms with Crippen molar-refractivity contribution in [3.05, 3.63) is 77.3 Å². The van der Waals surface area contributed by atoms with Crippen LogP contribution in [0.5, 0.6) is 0 Å². The number of nitrogens with one attached hydrogen (secondary N) is 2. The van der Waals surface area contributed by atoms with Gasteiger partial charge in [-0.25, -0.2) is 9.67 Å². The third kappa shape index (κ3) is 6.51. The van der Waals surface area contributed by atoms with Crippen LogP contribution in [0.15, 0.2) is 66.2 Å². The Morgan fingerprint density at radius 2 is 1.74 bits per heavy atom. The maximum Gasteiger partial charge on any atom is 0.191 e. The van der Waals surface area contributed by atoms with Crippen LogP contribution < -0.4 is 10.6 Å². The molecule has 0 atom stereocenters. The van der Waals surface area contributed by atoms with Gasteiger partial charge in [0, 0.05) is 25.2 Å². The van der Waals surface area contributed by atoms with E-state index in [1.807, 2.05) is 36.4 Å². The first-order valence-corrected chi connectivity index (χ1v) is 8.75. The molecule has 0 spiro atoms. The van der Waals surface area contributed by atoms with Crippen molar-refractivity contribution >= 4 is 41.5 Å². The topological polar surface area (TPSA) is 67.1 Å². The number of benzene rings is 2. The van der Waals surface area contributed by atoms with Gasteiger partial charge in [0.25, 0.3) is 0 Å². The maximum atomic E-state index is 5.90. The number of hydrogen-bond acceptors (Lipinski definition) is 3. The van der Waals surface area contributed by atoms with Crippen LogP contribution in [0.2, 0.25) is 5.02 Å². The van der Waals surface area contributed by atoms with Crippen molar-refractivity contribution in [1.82, 2.24) is 25.4 Å². The lowest BCUT2D eigenvalue weighted by Crippen LogP contribution is -2.37. The third-order valence-corrected chi connectivity index (χ3v) is 4.17. The van der Waals surface area contributed by atoms with Gasteiger partial charge in [0.1, 0.15) is 12.7 Å². The summed E-state index contributed by atoms with van der Waals surface area (Å²) < 4.78 is 1.73. The lowest BCUT2D eigenvalue weighted by molar-refractivity contribution is 0.794. The normalized spacial score (nSPS) is 11.0. The second-order valence-corrected chi connectivity index (χ2v) is 6.17. The fourth-order valence-corrected chi connectivity index (χ4v) is 2.62. The molecule has 0 aliphatic rings. The van der Waals surface area contributed by atoms with Gasteiger partial charge in [-0.15, -0.1) is 24.0 Å². The van der Waals surface area contributed by atoms with Crippen LogP contribution in [0.25, 0.3) is 5.69 Å². The summed E-state index contributed by atoms with van der Waals surface area (Å²) in [5, 5.41) is 11.5. The molecule has 0 radical (unpaired) electrons. The van der Waals surface area contributed by atoms with Crippen LogP contribution >= 0.6 is 35.6 Å². The van der Waals surface area contributed by atoms with Gasteiger partial charge in [-0.3, -0.25) is 4.99 Å². The highest BCUT2D eigenvalue weighted by Crippen LogP contribution is 2.10. The number of hydrogen-bond donors (Lipinski definition) is 2. The molecule has 0 bridgehead atoms. The predicted molar refractivity (Wildman–Crippen MR) is 120 cm³/mol. The van der Waals surface area contributed by atoms with Crippen LogP contribution in [-0.4, -0.2) is 34.3 Å². The lowest BCUT2D eigenvalue weighted by atomic mass is 10.1. The number of halogens is 2. The van der Waals surface area contributed by atoms with E-state index in [1.165, 1.54) is 11.9 Å². The van der Waals surface area contributed by atoms with E-state index in [0.29, 0.717) is 6.54 Å². The van der Waals surface area contributed by atoms with E-state index in [2.05, 4.69) is 37.8 Å². The molecule has 27 heavy (non-hydrogen) atoms. The molecule has 3 aromatic rings. The van der Waals surface area contributed by atoms with Crippen molar-refractivity contribution in [2.75, 3.05) is 13.6 Å². The molecule has 0 saturated carbocycles. The first-order chi connectivity index (χ1) is 12.7. The average molecular weight is 497 g/mol. The average Bonchev–Trinajstić information content (AvgIpc) is 3.21. The number of guanidine groups is 1. The molecule has 0 amide bonds. The van der Waals surface area contributed by atoms with E-state index in [9.17, 15) is 0 Å². The third-order valence-electron chi connectivity index (χ3n) is 3.92. The molecule has 0 saturated heterocycles. The number of nitrogens with zero attached hydrogens (tertiary/aromatic N) is 4. The molecule has 2 N–H and O–H groups in total. The van der Waals surface area contributed by atoms with Gasteiger partial charge >= 0.3 is 0 Å². The quantitative estimate of drug-likeness (QED) is 0.312. The van der Waals surface area contributed by atoms with Crippen molar-refractivity contribution in [2.45, 2.75) is 13.0 Å². The summed E-state index contributed by atoms with van der Waals surface area (Å²) in [5.41, 5.74) is 3.38. The largest absolute Gasteiger partial charge is 0.356 e. The molecule has 2 aromatic carbocycles. The molecule has 0 fully saturated rings. The summed E-state index contributed by atoms with van der Waals surface area (Å²) >= 11 is 5.90. The molecule has 0 aliphatic carbocycles. The monoisotopic (exact) mass is 496 g/mol. The van der Waals surface area contributed by atoms with Gasteiger partial charge in [-0.2, -0.15) is 5.10 Å². The molecule has 1 heterocycles. The lowest BCUT2D eigenvalue weighted by Gasteiger charge is -2.12. The Morgan fingerprint density at radius 3 is 2.37 bits per heavy atom. The smallest absolute Gasteiger partial charge is 0.191 e. The Labute approximate surface area is 181 Å². The fraction of sp³-hybridized carbons (Fsp3) is 0.211. The molecule has 6 nitrogen and oxygen atoms in total. The van der Waals surface area contributed by atoms with Gasteiger partial charge in [-0.1, -0.05) is 35.9 Å². The number of aliphatic imine (C=N–C) groups is 1. The highest BCUT2D eigenvalue weighted by atomic mass is 127. The van der Waals surface area contributed by atoms with Crippen molar-refractivity contribution in [1.29, 1.82) is 0 Å². The van der Waals surface area contributed by atoms with Crippen LogP contribution in [-0.2, 0) is 13.0 Å². The first-order valence-electron chi connectivity index (χ1n) is 8.37. The highest BCUT2D eigenvalue weighted by molar-refractivity contribution is 14.0. The summed E-state index contributed by atoms with van der Waals surface area (Å²) in [7, 11) is 1.77. The van der Waals surface area contributed by atoms with E-state index < -0.39 is 0 Å². The summed E-state index contributed by atoms with van der Waals surface area (Å²) in [6.07, 6.45) is 4.11. The molecule has 142 valence electrons. The Kier molecular flexibility index (Phi) is 8.53. The molecule has 1 aromatic heterocycles. The molecule has 8 heteroatoms. The molecular formula is C19H22ClIN6. The SMILES string of the molecule is CN=C(NCCc1ccc(Cl)cc1)NCc1ccc(-n2cncn2)cc1.I. The van der Waals surface area contributed by atoms with Crippen LogP contribution in [0.3, 0.4) is 0 Å². The standard InChI is InChI=1S/C19H21ClN6.HI/c1-21-19(23-11-10-15-2-6-17(20)7-3-15)24-12-16-4-8-18(9-5-16)26-14-22-13-25-26;/h2-9,13-14H,10-12H2,1H3,(H2,21,23,24);1H. The zero-order valence-electron chi connectivity index (χ0n) is 15.0. The van der Waals surface area contributed by atoms with E-state index in [1.54, 1.807) is 18.1 Å². The Morgan fingerprint density at radius 1 is 1.04 bits per heavy atom. The van der Waals surface area contributed by atoms with Crippen molar-refractivity contribution < 1.29 is 0 Å². The predicted octanol–water partition coefficient (Wildman–Crippen LogP) is 3.45. The first kappa shape index (κ1) is 21.2. The van der Waals surface area contributed by atoms with Crippen molar-refractivity contribution in [3.8, 4) is 5.69 Å². The molecule has 3 rings (SSSR count). The zero-order valence-corrected chi connectivity index (χ0v) is 18.1. The number of aromatic nitrogens is 3. The second kappa shape index (κ2) is 10.9. The van der Waals surface area contributed by atoms with Crippen molar-refractivity contribution in [2.24, 2.45) is 4.99 Å². The van der Waals surface area contributed by atoms with Gasteiger partial charge in [-0.05, 0) is 41.8 Å². The minimum Gasteiger partial charge on any atom is -0.356 e. The summed E-state index contributed by atoms with van der Waals surface area (Å²) in [5.74, 6) is 0.777. The van der Waals surface area contributed by atoms with E-state index in [4.69, 9.17) is 11.6 Å². The second-order valence-electron chi connectivity index (χ2n) is 5.74. The Balaban J connectivity index is 0.00000261. The van der Waals surface area contributed by atoms with Crippen LogP contribution in [0.1, 0.15) is 11.1 Å². The van der Waals surface area contributed by atoms with Gasteiger partial charge in [0.05, 0.1) is 5.69 Å². The van der Waals surface area contributed by atoms with E-state index >= 15 is 0 Å². The highest BCUT2D eigenvalue weighted by Gasteiger charge is 2.01. The number of rotatable bonds is 6. The van der Waals surface area contributed by atoms with Crippen LogP contribution in [0, 0.1) is 0 Å². The molecular weight excluding hydrogens is 475 g/mol. The van der Waals surface area contributed by atoms with Crippen LogP contribution in [0.4, 0.5) is 0 Å². The Hall–Kier alpha value is -2.13. The maximum absolute atomic E-state index is 5.90. The minimum absolute atomic E-state index is 0. The fourth-order valence-electron chi connectivity index (χ4n) is 2.49. The van der Waals surface area contributed by atoms with E-state index in [0.717, 1.165) is 35.2 Å². The summed E-state index contributed by atoms with van der Waals surface area (Å²) in [6.45, 7) is 1.49. The summed E-state index contributed by atoms with van der Waals surface area (Å²) in [4.78, 5) is 8.21. The Bertz CT molecular complexity index is 832. The zero-order chi connectivity index (χ0) is 18.2. The van der Waals surface area contributed by atoms with Crippen molar-refractivity contribution in [3.63, 3.8) is 0 Å².